The lowest BCUT2D eigenvalue weighted by Gasteiger charge is -2.13. The van der Waals surface area contributed by atoms with Crippen molar-refractivity contribution in [1.29, 1.82) is 0 Å². The Morgan fingerprint density at radius 1 is 1.38 bits per heavy atom. The van der Waals surface area contributed by atoms with Crippen LogP contribution in [0.1, 0.15) is 21.5 Å². The maximum atomic E-state index is 12.1. The number of methoxy groups -OCH3 is 2. The van der Waals surface area contributed by atoms with Gasteiger partial charge in [0.25, 0.3) is 0 Å². The van der Waals surface area contributed by atoms with Gasteiger partial charge in [-0.2, -0.15) is 0 Å². The van der Waals surface area contributed by atoms with Gasteiger partial charge in [-0.1, -0.05) is 0 Å². The molecule has 6 nitrogen and oxygen atoms in total. The number of ether oxygens (including phenoxy) is 2. The highest BCUT2D eigenvalue weighted by molar-refractivity contribution is 6.01. The number of carbonyl (C=O) groups is 1. The molecule has 0 aliphatic carbocycles. The lowest BCUT2D eigenvalue weighted by molar-refractivity contribution is 0.112. The fourth-order valence-electron chi connectivity index (χ4n) is 2.32. The van der Waals surface area contributed by atoms with Gasteiger partial charge in [0.2, 0.25) is 0 Å². The van der Waals surface area contributed by atoms with E-state index < -0.39 is 5.63 Å². The van der Waals surface area contributed by atoms with Crippen molar-refractivity contribution in [2.45, 2.75) is 13.3 Å². The molecule has 0 aliphatic rings. The average Bonchev–Trinajstić information content (AvgIpc) is 2.46. The Hall–Kier alpha value is -2.34. The van der Waals surface area contributed by atoms with Gasteiger partial charge in [-0.05, 0) is 12.5 Å². The number of aromatic hydroxyl groups is 1. The molecule has 1 aromatic heterocycles. The van der Waals surface area contributed by atoms with E-state index in [4.69, 9.17) is 13.9 Å². The molecule has 6 heteroatoms. The van der Waals surface area contributed by atoms with Gasteiger partial charge in [0.1, 0.15) is 11.5 Å². The zero-order valence-corrected chi connectivity index (χ0v) is 12.1. The summed E-state index contributed by atoms with van der Waals surface area (Å²) in [5, 5.41) is 10.3. The fourth-order valence-corrected chi connectivity index (χ4v) is 2.32. The molecule has 21 heavy (non-hydrogen) atoms. The summed E-state index contributed by atoms with van der Waals surface area (Å²) in [7, 11) is 2.98. The van der Waals surface area contributed by atoms with Gasteiger partial charge in [-0.3, -0.25) is 4.79 Å². The van der Waals surface area contributed by atoms with E-state index in [2.05, 4.69) is 0 Å². The van der Waals surface area contributed by atoms with E-state index in [0.717, 1.165) is 0 Å². The van der Waals surface area contributed by atoms with Gasteiger partial charge >= 0.3 is 5.63 Å². The van der Waals surface area contributed by atoms with Crippen LogP contribution < -0.4 is 10.4 Å². The number of fused-ring (bicyclic) bond motifs is 1. The molecule has 0 aliphatic heterocycles. The molecule has 2 aromatic rings. The van der Waals surface area contributed by atoms with E-state index in [1.54, 1.807) is 14.0 Å². The fraction of sp³-hybridized carbons (Fsp3) is 0.333. The van der Waals surface area contributed by atoms with Crippen molar-refractivity contribution < 1.29 is 23.8 Å². The van der Waals surface area contributed by atoms with Crippen LogP contribution in [0.25, 0.3) is 11.0 Å². The molecule has 2 rings (SSSR count). The van der Waals surface area contributed by atoms with E-state index in [-0.39, 0.29) is 16.9 Å². The Bertz CT molecular complexity index is 744. The van der Waals surface area contributed by atoms with Crippen molar-refractivity contribution >= 4 is 17.3 Å². The molecule has 0 saturated carbocycles. The molecule has 0 bridgehead atoms. The number of carbonyl (C=O) groups excluding carboxylic acids is 1. The van der Waals surface area contributed by atoms with Crippen LogP contribution in [-0.4, -0.2) is 32.2 Å². The maximum absolute atomic E-state index is 12.1. The third-order valence-corrected chi connectivity index (χ3v) is 3.42. The van der Waals surface area contributed by atoms with Gasteiger partial charge in [-0.25, -0.2) is 4.79 Å². The number of phenols is 1. The lowest BCUT2D eigenvalue weighted by atomic mass is 10.0. The Balaban J connectivity index is 2.88. The Labute approximate surface area is 120 Å². The third-order valence-electron chi connectivity index (χ3n) is 3.42. The highest BCUT2D eigenvalue weighted by Gasteiger charge is 2.20. The van der Waals surface area contributed by atoms with E-state index >= 15 is 0 Å². The first kappa shape index (κ1) is 15.1. The van der Waals surface area contributed by atoms with E-state index in [9.17, 15) is 14.7 Å². The zero-order chi connectivity index (χ0) is 15.6. The van der Waals surface area contributed by atoms with Crippen molar-refractivity contribution in [2.24, 2.45) is 0 Å². The first-order valence-electron chi connectivity index (χ1n) is 6.35. The first-order chi connectivity index (χ1) is 10.0. The summed E-state index contributed by atoms with van der Waals surface area (Å²) in [5.41, 5.74) is 0.533. The highest BCUT2D eigenvalue weighted by atomic mass is 16.5. The molecular weight excluding hydrogens is 276 g/mol. The predicted molar refractivity (Wildman–Crippen MR) is 76.4 cm³/mol. The van der Waals surface area contributed by atoms with Crippen LogP contribution in [0.15, 0.2) is 15.3 Å². The minimum Gasteiger partial charge on any atom is -0.507 e. The molecule has 0 radical (unpaired) electrons. The molecule has 1 N–H and O–H groups in total. The SMILES string of the molecule is COCCc1c(C)c2c(OC)cc(O)c(C=O)c2oc1=O. The summed E-state index contributed by atoms with van der Waals surface area (Å²) in [4.78, 5) is 23.2. The largest absolute Gasteiger partial charge is 0.507 e. The molecule has 0 amide bonds. The summed E-state index contributed by atoms with van der Waals surface area (Å²) >= 11 is 0. The second-order valence-corrected chi connectivity index (χ2v) is 4.57. The standard InChI is InChI=1S/C15H16O6/c1-8-9(4-5-19-2)15(18)21-14-10(7-16)11(17)6-12(20-3)13(8)14/h6-7,17H,4-5H2,1-3H3. The molecule has 112 valence electrons. The maximum Gasteiger partial charge on any atom is 0.339 e. The molecule has 0 saturated heterocycles. The van der Waals surface area contributed by atoms with Crippen LogP contribution in [0.4, 0.5) is 0 Å². The van der Waals surface area contributed by atoms with Crippen LogP contribution in [-0.2, 0) is 11.2 Å². The number of benzene rings is 1. The van der Waals surface area contributed by atoms with Gasteiger partial charge in [0.05, 0.1) is 24.7 Å². The summed E-state index contributed by atoms with van der Waals surface area (Å²) in [6.45, 7) is 2.12. The van der Waals surface area contributed by atoms with E-state index in [1.807, 2.05) is 0 Å². The molecule has 1 aromatic carbocycles. The monoisotopic (exact) mass is 292 g/mol. The summed E-state index contributed by atoms with van der Waals surface area (Å²) in [5.74, 6) is 0.0505. The number of hydrogen-bond acceptors (Lipinski definition) is 6. The quantitative estimate of drug-likeness (QED) is 0.668. The van der Waals surface area contributed by atoms with Crippen molar-refractivity contribution in [3.05, 3.63) is 33.2 Å². The number of rotatable bonds is 5. The zero-order valence-electron chi connectivity index (χ0n) is 12.1. The number of aryl methyl sites for hydroxylation is 1. The number of aldehydes is 1. The van der Waals surface area contributed by atoms with Crippen LogP contribution >= 0.6 is 0 Å². The average molecular weight is 292 g/mol. The first-order valence-corrected chi connectivity index (χ1v) is 6.35. The smallest absolute Gasteiger partial charge is 0.339 e. The van der Waals surface area contributed by atoms with Gasteiger partial charge in [-0.15, -0.1) is 0 Å². The Morgan fingerprint density at radius 3 is 2.67 bits per heavy atom. The number of phenolic OH excluding ortho intramolecular Hbond substituents is 1. The molecule has 0 unspecified atom stereocenters. The summed E-state index contributed by atoms with van der Waals surface area (Å²) < 4.78 is 15.4. The van der Waals surface area contributed by atoms with Crippen molar-refractivity contribution in [3.63, 3.8) is 0 Å². The van der Waals surface area contributed by atoms with Gasteiger partial charge < -0.3 is 19.0 Å². The van der Waals surface area contributed by atoms with Crippen LogP contribution in [0, 0.1) is 6.92 Å². The molecule has 1 heterocycles. The molecule has 0 spiro atoms. The Kier molecular flexibility index (Phi) is 4.28. The lowest BCUT2D eigenvalue weighted by Crippen LogP contribution is -2.13. The minimum atomic E-state index is -0.548. The van der Waals surface area contributed by atoms with Crippen LogP contribution in [0.3, 0.4) is 0 Å². The van der Waals surface area contributed by atoms with Crippen molar-refractivity contribution in [3.8, 4) is 11.5 Å². The van der Waals surface area contributed by atoms with Crippen molar-refractivity contribution in [1.82, 2.24) is 0 Å². The minimum absolute atomic E-state index is 0.0329. The molecular formula is C15H16O6. The van der Waals surface area contributed by atoms with E-state index in [1.165, 1.54) is 13.2 Å². The second-order valence-electron chi connectivity index (χ2n) is 4.57. The highest BCUT2D eigenvalue weighted by Crippen LogP contribution is 2.36. The summed E-state index contributed by atoms with van der Waals surface area (Å²) in [6, 6.07) is 1.33. The third kappa shape index (κ3) is 2.50. The van der Waals surface area contributed by atoms with Crippen molar-refractivity contribution in [2.75, 3.05) is 20.8 Å². The normalized spacial score (nSPS) is 10.8. The number of hydrogen-bond donors (Lipinski definition) is 1. The predicted octanol–water partition coefficient (Wildman–Crippen LogP) is 1.82. The molecule has 0 fully saturated rings. The second kappa shape index (κ2) is 5.97. The summed E-state index contributed by atoms with van der Waals surface area (Å²) in [6.07, 6.45) is 0.843. The van der Waals surface area contributed by atoms with E-state index in [0.29, 0.717) is 41.6 Å². The van der Waals surface area contributed by atoms with Crippen LogP contribution in [0.2, 0.25) is 0 Å². The van der Waals surface area contributed by atoms with Crippen LogP contribution in [0.5, 0.6) is 11.5 Å². The van der Waals surface area contributed by atoms with Gasteiger partial charge in [0.15, 0.2) is 11.9 Å². The molecule has 0 atom stereocenters. The topological polar surface area (TPSA) is 86.0 Å². The van der Waals surface area contributed by atoms with Gasteiger partial charge in [0, 0.05) is 25.2 Å². The Morgan fingerprint density at radius 2 is 2.10 bits per heavy atom.